The molecule has 23 heteroatoms. The van der Waals surface area contributed by atoms with Gasteiger partial charge in [0.15, 0.2) is 19.3 Å². The fourth-order valence-electron chi connectivity index (χ4n) is 13.0. The van der Waals surface area contributed by atoms with E-state index in [1.807, 2.05) is 0 Å². The Morgan fingerprint density at radius 2 is 1.09 bits per heavy atom. The molecule has 12 fully saturated rings. The maximum absolute atomic E-state index is 11.9. The molecule has 4 saturated heterocycles. The molecule has 0 aromatic rings. The smallest absolute Gasteiger partial charge is 0.425 e. The summed E-state index contributed by atoms with van der Waals surface area (Å²) in [7, 11) is 0. The number of fused-ring (bicyclic) bond motifs is 2. The van der Waals surface area contributed by atoms with E-state index < -0.39 is 85.6 Å². The van der Waals surface area contributed by atoms with Crippen molar-refractivity contribution in [1.29, 1.82) is 0 Å². The molecule has 4 aliphatic heterocycles. The third-order valence-corrected chi connectivity index (χ3v) is 16.3. The summed E-state index contributed by atoms with van der Waals surface area (Å²) < 4.78 is 85.5. The highest BCUT2D eigenvalue weighted by Crippen LogP contribution is 2.58. The van der Waals surface area contributed by atoms with Crippen LogP contribution in [0.2, 0.25) is 0 Å². The first-order chi connectivity index (χ1) is 38.3. The number of esters is 10. The lowest BCUT2D eigenvalue weighted by molar-refractivity contribution is -0.213. The maximum Gasteiger partial charge on any atom is 0.425 e. The Balaban J connectivity index is 0.000000169. The first-order valence-electron chi connectivity index (χ1n) is 27.6. The molecule has 0 N–H and O–H groups in total. The van der Waals surface area contributed by atoms with Gasteiger partial charge >= 0.3 is 65.9 Å². The summed E-state index contributed by atoms with van der Waals surface area (Å²) in [5, 5.41) is 0. The van der Waals surface area contributed by atoms with E-state index in [9.17, 15) is 61.1 Å². The maximum atomic E-state index is 11.9. The highest BCUT2D eigenvalue weighted by molar-refractivity contribution is 5.91. The first kappa shape index (κ1) is 64.4. The van der Waals surface area contributed by atoms with Crippen LogP contribution in [0.5, 0.6) is 0 Å². The van der Waals surface area contributed by atoms with Crippen molar-refractivity contribution in [3.05, 3.63) is 60.8 Å². The van der Waals surface area contributed by atoms with E-state index in [0.29, 0.717) is 24.5 Å². The van der Waals surface area contributed by atoms with Crippen LogP contribution in [0.1, 0.15) is 125 Å². The van der Waals surface area contributed by atoms with Gasteiger partial charge in [0.05, 0.1) is 18.4 Å². The molecule has 4 heterocycles. The highest BCUT2D eigenvalue weighted by atomic mass is 19.4. The Labute approximate surface area is 474 Å². The molecule has 12 unspecified atom stereocenters. The van der Waals surface area contributed by atoms with Crippen LogP contribution in [0.3, 0.4) is 0 Å². The normalized spacial score (nSPS) is 32.3. The third-order valence-electron chi connectivity index (χ3n) is 16.3. The van der Waals surface area contributed by atoms with Crippen LogP contribution in [0.25, 0.3) is 0 Å². The number of rotatable bonds is 14. The van der Waals surface area contributed by atoms with Crippen LogP contribution in [0, 0.1) is 53.3 Å². The minimum absolute atomic E-state index is 0.0128. The van der Waals surface area contributed by atoms with Gasteiger partial charge < -0.3 is 47.4 Å². The van der Waals surface area contributed by atoms with Crippen LogP contribution in [-0.2, 0) is 95.3 Å². The Bertz CT molecular complexity index is 2550. The highest BCUT2D eigenvalue weighted by Gasteiger charge is 2.63. The zero-order chi connectivity index (χ0) is 60.7. The van der Waals surface area contributed by atoms with Gasteiger partial charge in [0.2, 0.25) is 6.10 Å². The van der Waals surface area contributed by atoms with E-state index in [-0.39, 0.29) is 87.6 Å². The molecule has 12 rings (SSSR count). The molecular formula is C59H75F3O20. The number of hydrogen-bond donors (Lipinski definition) is 0. The fourth-order valence-corrected chi connectivity index (χ4v) is 13.0. The molecule has 0 spiro atoms. The molecule has 8 aliphatic carbocycles. The summed E-state index contributed by atoms with van der Waals surface area (Å²) in [5.74, 6) is -1.61. The predicted molar refractivity (Wildman–Crippen MR) is 278 cm³/mol. The predicted octanol–water partition coefficient (Wildman–Crippen LogP) is 7.53. The number of carbonyl (C=O) groups excluding carboxylic acids is 10. The van der Waals surface area contributed by atoms with Crippen LogP contribution >= 0.6 is 0 Å². The van der Waals surface area contributed by atoms with E-state index in [0.717, 1.165) is 82.5 Å². The largest absolute Gasteiger partial charge is 0.463 e. The first-order valence-corrected chi connectivity index (χ1v) is 27.6. The summed E-state index contributed by atoms with van der Waals surface area (Å²) in [5.41, 5.74) is 1.13. The summed E-state index contributed by atoms with van der Waals surface area (Å²) in [6.07, 6.45) is 4.03. The van der Waals surface area contributed by atoms with Gasteiger partial charge in [0.25, 0.3) is 0 Å². The van der Waals surface area contributed by atoms with Crippen molar-refractivity contribution >= 4 is 59.7 Å². The molecule has 10 bridgehead atoms. The molecular weight excluding hydrogens is 1090 g/mol. The van der Waals surface area contributed by atoms with Gasteiger partial charge in [0.1, 0.15) is 30.0 Å². The average molecular weight is 1160 g/mol. The molecule has 0 amide bonds. The lowest BCUT2D eigenvalue weighted by Gasteiger charge is -2.55. The van der Waals surface area contributed by atoms with Crippen molar-refractivity contribution in [2.75, 3.05) is 19.8 Å². The number of halogens is 3. The van der Waals surface area contributed by atoms with Crippen LogP contribution in [-0.4, -0.2) is 128 Å². The molecule has 12 aliphatic rings. The van der Waals surface area contributed by atoms with Crippen molar-refractivity contribution in [2.45, 2.75) is 173 Å². The van der Waals surface area contributed by atoms with Crippen molar-refractivity contribution in [3.63, 3.8) is 0 Å². The van der Waals surface area contributed by atoms with Crippen molar-refractivity contribution in [2.24, 2.45) is 53.3 Å². The topological polar surface area (TPSA) is 263 Å². The SMILES string of the molecule is C=C(C)C(=O)OC(C)C(F)(F)F.C=C(C)C(=O)OC12CC3CC(CC(C3)C1)C2.C=C(C)C(=O)OC1CCOC1=O.C=C(C)C(=O)OCC(=O)OC1C2CC3C(=O)OC1C3C2.C=C(C)C(=O)OCC(=O)OC1C2CC3CC(C2)C(=O)OC1C3. The van der Waals surface area contributed by atoms with Crippen molar-refractivity contribution in [1.82, 2.24) is 0 Å². The lowest BCUT2D eigenvalue weighted by atomic mass is 9.54. The quantitative estimate of drug-likeness (QED) is 0.0924. The number of hydrogen-bond acceptors (Lipinski definition) is 20. The van der Waals surface area contributed by atoms with Gasteiger partial charge in [-0.2, -0.15) is 13.2 Å². The Kier molecular flexibility index (Phi) is 21.2. The van der Waals surface area contributed by atoms with Crippen LogP contribution in [0.15, 0.2) is 60.8 Å². The number of cyclic esters (lactones) is 1. The van der Waals surface area contributed by atoms with Crippen LogP contribution in [0.4, 0.5) is 13.2 Å². The van der Waals surface area contributed by atoms with Gasteiger partial charge in [-0.15, -0.1) is 0 Å². The molecule has 82 heavy (non-hydrogen) atoms. The zero-order valence-corrected chi connectivity index (χ0v) is 47.3. The molecule has 12 atom stereocenters. The molecule has 20 nitrogen and oxygen atoms in total. The second kappa shape index (κ2) is 27.1. The van der Waals surface area contributed by atoms with Gasteiger partial charge in [-0.05, 0) is 142 Å². The van der Waals surface area contributed by atoms with Gasteiger partial charge in [-0.1, -0.05) is 32.9 Å². The lowest BCUT2D eigenvalue weighted by Crippen LogP contribution is -2.52. The number of alkyl halides is 3. The minimum Gasteiger partial charge on any atom is -0.463 e. The zero-order valence-electron chi connectivity index (χ0n) is 47.3. The van der Waals surface area contributed by atoms with E-state index in [1.165, 1.54) is 47.0 Å². The standard InChI is InChI=1S/C16H20O6.C14H16O6.C14H20O2.C8H10O4.C7H9F3O2/c1-8(2)15(18)20-7-13(17)22-14-10-3-9-4-11(6-10)16(19)21-12(14)5-9;1-6(2)13(16)18-5-10(15)19-11-7-3-8-9(4-7)14(17)20-12(8)11;1-9(2)13(15)16-14-6-10-3-11(7-14)5-12(4-10)8-14;1-5(2)7(9)12-6-3-4-11-8(6)10;1-4(2)6(11)12-5(3)7(8,9)10/h9-12,14H,1,3-7H2,2H3;7-9,11-12H,1,3-5H2,2H3;10-12H,1,3-8H2,2H3;6H,1,3-4H2,2H3;5H,1H2,2-3H3. The summed E-state index contributed by atoms with van der Waals surface area (Å²) >= 11 is 0. The number of ether oxygens (including phenoxy) is 10. The minimum atomic E-state index is -4.51. The van der Waals surface area contributed by atoms with Gasteiger partial charge in [-0.3, -0.25) is 9.59 Å². The average Bonchev–Trinajstić information content (AvgIpc) is 1.87. The Morgan fingerprint density at radius 1 is 0.573 bits per heavy atom. The van der Waals surface area contributed by atoms with E-state index >= 15 is 0 Å². The summed E-state index contributed by atoms with van der Waals surface area (Å²) in [6.45, 7) is 24.9. The van der Waals surface area contributed by atoms with E-state index in [1.54, 1.807) is 6.92 Å². The molecule has 0 aromatic carbocycles. The third kappa shape index (κ3) is 16.7. The van der Waals surface area contributed by atoms with Crippen molar-refractivity contribution < 1.29 is 108 Å². The number of carbonyl (C=O) groups is 10. The van der Waals surface area contributed by atoms with Gasteiger partial charge in [0, 0.05) is 52.0 Å². The van der Waals surface area contributed by atoms with Crippen LogP contribution < -0.4 is 0 Å². The molecule has 0 aromatic heterocycles. The molecule has 0 radical (unpaired) electrons. The fraction of sp³-hybridized carbons (Fsp3) is 0.661. The Hall–Kier alpha value is -6.81. The second-order valence-corrected chi connectivity index (χ2v) is 23.5. The van der Waals surface area contributed by atoms with E-state index in [2.05, 4.69) is 42.4 Å². The second-order valence-electron chi connectivity index (χ2n) is 23.5. The summed E-state index contributed by atoms with van der Waals surface area (Å²) in [4.78, 5) is 114. The van der Waals surface area contributed by atoms with E-state index in [4.69, 9.17) is 37.9 Å². The molecule has 8 saturated carbocycles. The van der Waals surface area contributed by atoms with Crippen molar-refractivity contribution in [3.8, 4) is 0 Å². The monoisotopic (exact) mass is 1160 g/mol. The Morgan fingerprint density at radius 3 is 1.57 bits per heavy atom. The van der Waals surface area contributed by atoms with Gasteiger partial charge in [-0.25, -0.2) is 38.4 Å². The summed E-state index contributed by atoms with van der Waals surface area (Å²) in [6, 6.07) is 0. The molecule has 452 valence electrons.